The van der Waals surface area contributed by atoms with Crippen molar-refractivity contribution in [2.45, 2.75) is 31.6 Å². The smallest absolute Gasteiger partial charge is 0.147 e. The standard InChI is InChI=1S/C14H16N2O/c1-9-6-11(14-13(15)8-17-16-14)7-10-4-2-3-5-12(9)10/h2-5,8-9,11H,6-7,15H2,1H3. The Bertz CT molecular complexity index is 533. The molecule has 2 N–H and O–H groups in total. The molecular formula is C14H16N2O. The van der Waals surface area contributed by atoms with Crippen molar-refractivity contribution < 1.29 is 4.52 Å². The minimum Gasteiger partial charge on any atom is -0.395 e. The number of nitrogen functional groups attached to an aromatic ring is 1. The molecule has 88 valence electrons. The number of rotatable bonds is 1. The maximum Gasteiger partial charge on any atom is 0.147 e. The van der Waals surface area contributed by atoms with Crippen LogP contribution in [0, 0.1) is 0 Å². The van der Waals surface area contributed by atoms with Crippen LogP contribution in [0.3, 0.4) is 0 Å². The average Bonchev–Trinajstić information content (AvgIpc) is 2.75. The molecule has 0 saturated carbocycles. The zero-order valence-corrected chi connectivity index (χ0v) is 9.89. The van der Waals surface area contributed by atoms with Gasteiger partial charge in [-0.15, -0.1) is 0 Å². The molecule has 2 atom stereocenters. The third kappa shape index (κ3) is 1.71. The van der Waals surface area contributed by atoms with Gasteiger partial charge in [0.15, 0.2) is 0 Å². The molecule has 0 aliphatic heterocycles. The first-order chi connectivity index (χ1) is 8.25. The highest BCUT2D eigenvalue weighted by atomic mass is 16.5. The van der Waals surface area contributed by atoms with Gasteiger partial charge < -0.3 is 10.3 Å². The molecule has 1 aromatic heterocycles. The Balaban J connectivity index is 1.96. The summed E-state index contributed by atoms with van der Waals surface area (Å²) in [5.41, 5.74) is 10.4. The van der Waals surface area contributed by atoms with Crippen LogP contribution in [0.5, 0.6) is 0 Å². The van der Waals surface area contributed by atoms with E-state index in [4.69, 9.17) is 10.3 Å². The number of nitrogens with zero attached hydrogens (tertiary/aromatic N) is 1. The van der Waals surface area contributed by atoms with Crippen molar-refractivity contribution in [2.24, 2.45) is 0 Å². The molecule has 0 saturated heterocycles. The molecule has 1 aromatic carbocycles. The van der Waals surface area contributed by atoms with Crippen LogP contribution in [-0.4, -0.2) is 5.16 Å². The van der Waals surface area contributed by atoms with E-state index >= 15 is 0 Å². The van der Waals surface area contributed by atoms with Crippen LogP contribution in [0.1, 0.15) is 42.0 Å². The van der Waals surface area contributed by atoms with E-state index in [2.05, 4.69) is 36.3 Å². The molecule has 3 rings (SSSR count). The molecule has 2 unspecified atom stereocenters. The summed E-state index contributed by atoms with van der Waals surface area (Å²) in [7, 11) is 0. The molecule has 0 spiro atoms. The number of hydrogen-bond donors (Lipinski definition) is 1. The van der Waals surface area contributed by atoms with Crippen LogP contribution < -0.4 is 5.73 Å². The number of fused-ring (bicyclic) bond motifs is 1. The maximum atomic E-state index is 5.88. The number of hydrogen-bond acceptors (Lipinski definition) is 3. The highest BCUT2D eigenvalue weighted by Gasteiger charge is 2.27. The van der Waals surface area contributed by atoms with E-state index in [-0.39, 0.29) is 0 Å². The Morgan fingerprint density at radius 3 is 2.94 bits per heavy atom. The summed E-state index contributed by atoms with van der Waals surface area (Å²) in [6, 6.07) is 8.64. The molecule has 0 amide bonds. The predicted octanol–water partition coefficient (Wildman–Crippen LogP) is 3.09. The van der Waals surface area contributed by atoms with E-state index in [0.29, 0.717) is 17.5 Å². The largest absolute Gasteiger partial charge is 0.395 e. The molecule has 3 heteroatoms. The zero-order chi connectivity index (χ0) is 11.8. The van der Waals surface area contributed by atoms with E-state index in [9.17, 15) is 0 Å². The Hall–Kier alpha value is -1.77. The Labute approximate surface area is 101 Å². The second-order valence-corrected chi connectivity index (χ2v) is 4.89. The molecule has 17 heavy (non-hydrogen) atoms. The Morgan fingerprint density at radius 2 is 2.18 bits per heavy atom. The van der Waals surface area contributed by atoms with Crippen molar-refractivity contribution in [3.05, 3.63) is 47.3 Å². The Morgan fingerprint density at radius 1 is 1.35 bits per heavy atom. The van der Waals surface area contributed by atoms with Crippen molar-refractivity contribution in [3.63, 3.8) is 0 Å². The monoisotopic (exact) mass is 228 g/mol. The molecule has 0 fully saturated rings. The summed E-state index contributed by atoms with van der Waals surface area (Å²) in [6.07, 6.45) is 3.63. The predicted molar refractivity (Wildman–Crippen MR) is 66.8 cm³/mol. The number of nitrogens with two attached hydrogens (primary N) is 1. The average molecular weight is 228 g/mol. The molecular weight excluding hydrogens is 212 g/mol. The van der Waals surface area contributed by atoms with Crippen molar-refractivity contribution >= 4 is 5.69 Å². The topological polar surface area (TPSA) is 52.0 Å². The lowest BCUT2D eigenvalue weighted by Gasteiger charge is -2.28. The highest BCUT2D eigenvalue weighted by Crippen LogP contribution is 2.40. The minimum atomic E-state index is 0.388. The van der Waals surface area contributed by atoms with E-state index in [1.54, 1.807) is 0 Å². The summed E-state index contributed by atoms with van der Waals surface area (Å²) < 4.78 is 4.95. The highest BCUT2D eigenvalue weighted by molar-refractivity contribution is 5.44. The van der Waals surface area contributed by atoms with E-state index in [0.717, 1.165) is 18.5 Å². The minimum absolute atomic E-state index is 0.388. The summed E-state index contributed by atoms with van der Waals surface area (Å²) >= 11 is 0. The lowest BCUT2D eigenvalue weighted by molar-refractivity contribution is 0.395. The fourth-order valence-corrected chi connectivity index (χ4v) is 2.87. The SMILES string of the molecule is CC1CC(c2nocc2N)Cc2ccccc21. The van der Waals surface area contributed by atoms with Crippen molar-refractivity contribution in [2.75, 3.05) is 5.73 Å². The van der Waals surface area contributed by atoms with Gasteiger partial charge in [0.05, 0.1) is 5.69 Å². The number of anilines is 1. The van der Waals surface area contributed by atoms with E-state index in [1.807, 2.05) is 0 Å². The quantitative estimate of drug-likeness (QED) is 0.816. The van der Waals surface area contributed by atoms with E-state index < -0.39 is 0 Å². The molecule has 0 bridgehead atoms. The summed E-state index contributed by atoms with van der Waals surface area (Å²) in [5, 5.41) is 4.05. The molecule has 3 nitrogen and oxygen atoms in total. The van der Waals surface area contributed by atoms with Gasteiger partial charge in [-0.05, 0) is 29.9 Å². The number of aromatic nitrogens is 1. The van der Waals surface area contributed by atoms with Gasteiger partial charge in [-0.25, -0.2) is 0 Å². The van der Waals surface area contributed by atoms with Crippen molar-refractivity contribution in [3.8, 4) is 0 Å². The second kappa shape index (κ2) is 3.91. The maximum absolute atomic E-state index is 5.88. The van der Waals surface area contributed by atoms with Gasteiger partial charge >= 0.3 is 0 Å². The third-order valence-electron chi connectivity index (χ3n) is 3.70. The van der Waals surface area contributed by atoms with Crippen LogP contribution >= 0.6 is 0 Å². The summed E-state index contributed by atoms with van der Waals surface area (Å²) in [5.74, 6) is 0.944. The van der Waals surface area contributed by atoms with Crippen LogP contribution in [0.4, 0.5) is 5.69 Å². The van der Waals surface area contributed by atoms with Gasteiger partial charge in [-0.3, -0.25) is 0 Å². The summed E-state index contributed by atoms with van der Waals surface area (Å²) in [4.78, 5) is 0. The third-order valence-corrected chi connectivity index (χ3v) is 3.70. The van der Waals surface area contributed by atoms with Gasteiger partial charge in [0.25, 0.3) is 0 Å². The molecule has 1 heterocycles. The van der Waals surface area contributed by atoms with Gasteiger partial charge in [-0.2, -0.15) is 0 Å². The van der Waals surface area contributed by atoms with Crippen LogP contribution in [0.15, 0.2) is 35.1 Å². The molecule has 1 aliphatic carbocycles. The fraction of sp³-hybridized carbons (Fsp3) is 0.357. The van der Waals surface area contributed by atoms with Gasteiger partial charge in [0.1, 0.15) is 12.0 Å². The molecule has 2 aromatic rings. The fourth-order valence-electron chi connectivity index (χ4n) is 2.87. The molecule has 0 radical (unpaired) electrons. The van der Waals surface area contributed by atoms with Gasteiger partial charge in [-0.1, -0.05) is 36.3 Å². The van der Waals surface area contributed by atoms with Crippen LogP contribution in [0.2, 0.25) is 0 Å². The zero-order valence-electron chi connectivity index (χ0n) is 9.89. The van der Waals surface area contributed by atoms with E-state index in [1.165, 1.54) is 17.4 Å². The number of benzene rings is 1. The van der Waals surface area contributed by atoms with Gasteiger partial charge in [0.2, 0.25) is 0 Å². The first-order valence-electron chi connectivity index (χ1n) is 6.03. The summed E-state index contributed by atoms with van der Waals surface area (Å²) in [6.45, 7) is 2.27. The normalized spacial score (nSPS) is 23.4. The van der Waals surface area contributed by atoms with Crippen LogP contribution in [0.25, 0.3) is 0 Å². The lowest BCUT2D eigenvalue weighted by atomic mass is 9.76. The Kier molecular flexibility index (Phi) is 2.39. The first-order valence-corrected chi connectivity index (χ1v) is 6.03. The first kappa shape index (κ1) is 10.4. The van der Waals surface area contributed by atoms with Crippen LogP contribution in [-0.2, 0) is 6.42 Å². The second-order valence-electron chi connectivity index (χ2n) is 4.89. The van der Waals surface area contributed by atoms with Gasteiger partial charge in [0, 0.05) is 5.92 Å². The van der Waals surface area contributed by atoms with Crippen molar-refractivity contribution in [1.29, 1.82) is 0 Å². The lowest BCUT2D eigenvalue weighted by Crippen LogP contribution is -2.16. The van der Waals surface area contributed by atoms with Crippen molar-refractivity contribution in [1.82, 2.24) is 5.16 Å². The molecule has 1 aliphatic rings.